The van der Waals surface area contributed by atoms with Crippen molar-refractivity contribution in [1.82, 2.24) is 9.24 Å². The average molecular weight is 358 g/mol. The van der Waals surface area contributed by atoms with Crippen molar-refractivity contribution in [3.05, 3.63) is 53.5 Å². The van der Waals surface area contributed by atoms with Gasteiger partial charge in [-0.2, -0.15) is 4.68 Å². The lowest BCUT2D eigenvalue weighted by Gasteiger charge is -2.01. The van der Waals surface area contributed by atoms with Gasteiger partial charge in [-0.1, -0.05) is 25.7 Å². The van der Waals surface area contributed by atoms with Crippen molar-refractivity contribution >= 4 is 21.5 Å². The van der Waals surface area contributed by atoms with Crippen molar-refractivity contribution in [3.8, 4) is 0 Å². The summed E-state index contributed by atoms with van der Waals surface area (Å²) in [5.41, 5.74) is 3.28. The second-order valence-electron chi connectivity index (χ2n) is 6.60. The van der Waals surface area contributed by atoms with Gasteiger partial charge in [-0.05, 0) is 31.5 Å². The predicted octanol–water partition coefficient (Wildman–Crippen LogP) is -0.0745. The van der Waals surface area contributed by atoms with Crippen molar-refractivity contribution in [2.24, 2.45) is 5.73 Å². The van der Waals surface area contributed by atoms with Crippen LogP contribution in [-0.2, 0) is 6.54 Å². The monoisotopic (exact) mass is 358 g/mol. The SMILES string of the molecule is NCCCCCCCCn1c(=O)c2cc3c(=O)n(N)c(=O)c3cc2c1=O. The summed E-state index contributed by atoms with van der Waals surface area (Å²) < 4.78 is 1.69. The fourth-order valence-corrected chi connectivity index (χ4v) is 3.37. The quantitative estimate of drug-likeness (QED) is 0.428. The van der Waals surface area contributed by atoms with E-state index >= 15 is 0 Å². The van der Waals surface area contributed by atoms with E-state index in [4.69, 9.17) is 11.6 Å². The zero-order chi connectivity index (χ0) is 18.8. The predicted molar refractivity (Wildman–Crippen MR) is 102 cm³/mol. The van der Waals surface area contributed by atoms with Gasteiger partial charge in [-0.3, -0.25) is 23.7 Å². The third-order valence-electron chi connectivity index (χ3n) is 4.84. The molecule has 1 aromatic carbocycles. The molecule has 0 amide bonds. The molecule has 2 aromatic heterocycles. The summed E-state index contributed by atoms with van der Waals surface area (Å²) >= 11 is 0. The van der Waals surface area contributed by atoms with Crippen LogP contribution in [0, 0.1) is 0 Å². The summed E-state index contributed by atoms with van der Waals surface area (Å²) in [6.45, 7) is 1.03. The Labute approximate surface area is 148 Å². The third-order valence-corrected chi connectivity index (χ3v) is 4.84. The number of rotatable bonds is 8. The van der Waals surface area contributed by atoms with Crippen LogP contribution in [0.3, 0.4) is 0 Å². The van der Waals surface area contributed by atoms with E-state index in [2.05, 4.69) is 0 Å². The highest BCUT2D eigenvalue weighted by atomic mass is 16.2. The number of nitrogens with zero attached hydrogens (tertiary/aromatic N) is 2. The Morgan fingerprint density at radius 1 is 0.654 bits per heavy atom. The summed E-state index contributed by atoms with van der Waals surface area (Å²) in [5.74, 6) is 5.40. The standard InChI is InChI=1S/C18H22N4O4/c19-7-5-3-1-2-4-6-8-21-15(23)11-9-13-14(10-12(11)16(21)24)18(26)22(20)17(13)25/h9-10H,1-8,19-20H2. The molecule has 26 heavy (non-hydrogen) atoms. The highest BCUT2D eigenvalue weighted by Crippen LogP contribution is 2.14. The van der Waals surface area contributed by atoms with Gasteiger partial charge in [0.2, 0.25) is 0 Å². The van der Waals surface area contributed by atoms with Crippen molar-refractivity contribution in [2.45, 2.75) is 45.1 Å². The number of hydrogen-bond acceptors (Lipinski definition) is 6. The van der Waals surface area contributed by atoms with E-state index in [0.717, 1.165) is 38.5 Å². The van der Waals surface area contributed by atoms with Crippen molar-refractivity contribution in [2.75, 3.05) is 12.4 Å². The molecule has 0 radical (unpaired) electrons. The molecule has 8 heteroatoms. The molecular formula is C18H22N4O4. The van der Waals surface area contributed by atoms with E-state index in [1.165, 1.54) is 16.7 Å². The molecule has 3 aromatic rings. The molecule has 0 fully saturated rings. The molecule has 4 N–H and O–H groups in total. The first kappa shape index (κ1) is 18.1. The number of benzene rings is 1. The minimum absolute atomic E-state index is 0.0687. The normalized spacial score (nSPS) is 11.7. The lowest BCUT2D eigenvalue weighted by molar-refractivity contribution is 0.544. The van der Waals surface area contributed by atoms with E-state index in [9.17, 15) is 19.2 Å². The van der Waals surface area contributed by atoms with Crippen LogP contribution in [0.25, 0.3) is 21.5 Å². The molecule has 0 aliphatic carbocycles. The Morgan fingerprint density at radius 2 is 1.08 bits per heavy atom. The molecule has 3 rings (SSSR count). The van der Waals surface area contributed by atoms with E-state index in [-0.39, 0.29) is 21.5 Å². The van der Waals surface area contributed by atoms with Crippen LogP contribution < -0.4 is 33.8 Å². The Morgan fingerprint density at radius 3 is 1.58 bits per heavy atom. The smallest absolute Gasteiger partial charge is 0.280 e. The second-order valence-corrected chi connectivity index (χ2v) is 6.60. The van der Waals surface area contributed by atoms with E-state index < -0.39 is 22.2 Å². The maximum atomic E-state index is 12.5. The van der Waals surface area contributed by atoms with Gasteiger partial charge in [0.15, 0.2) is 0 Å². The summed E-state index contributed by atoms with van der Waals surface area (Å²) in [6.07, 6.45) is 5.88. The van der Waals surface area contributed by atoms with Crippen molar-refractivity contribution < 1.29 is 0 Å². The van der Waals surface area contributed by atoms with Gasteiger partial charge in [0, 0.05) is 6.54 Å². The molecule has 0 atom stereocenters. The van der Waals surface area contributed by atoms with Crippen LogP contribution in [-0.4, -0.2) is 15.8 Å². The number of fused-ring (bicyclic) bond motifs is 2. The minimum atomic E-state index is -0.663. The molecule has 138 valence electrons. The highest BCUT2D eigenvalue weighted by molar-refractivity contribution is 5.97. The van der Waals surface area contributed by atoms with Crippen LogP contribution in [0.2, 0.25) is 0 Å². The number of aromatic nitrogens is 2. The first-order valence-electron chi connectivity index (χ1n) is 8.85. The number of nitrogen functional groups attached to an aromatic ring is 1. The Kier molecular flexibility index (Phi) is 5.03. The third kappa shape index (κ3) is 2.96. The summed E-state index contributed by atoms with van der Waals surface area (Å²) in [4.78, 5) is 49.0. The Hall–Kier alpha value is -2.74. The molecule has 8 nitrogen and oxygen atoms in total. The summed E-state index contributed by atoms with van der Waals surface area (Å²) in [6, 6.07) is 2.62. The maximum Gasteiger partial charge on any atom is 0.280 e. The molecular weight excluding hydrogens is 336 g/mol. The van der Waals surface area contributed by atoms with E-state index in [1.807, 2.05) is 0 Å². The van der Waals surface area contributed by atoms with Crippen LogP contribution in [0.5, 0.6) is 0 Å². The summed E-state index contributed by atoms with van der Waals surface area (Å²) in [5, 5.41) is 0.458. The van der Waals surface area contributed by atoms with Gasteiger partial charge in [-0.15, -0.1) is 0 Å². The lowest BCUT2D eigenvalue weighted by atomic mass is 10.1. The molecule has 0 aliphatic rings. The zero-order valence-corrected chi connectivity index (χ0v) is 14.5. The first-order chi connectivity index (χ1) is 12.5. The van der Waals surface area contributed by atoms with Crippen molar-refractivity contribution in [3.63, 3.8) is 0 Å². The number of nitrogens with two attached hydrogens (primary N) is 2. The maximum absolute atomic E-state index is 12.5. The van der Waals surface area contributed by atoms with Gasteiger partial charge in [0.05, 0.1) is 21.5 Å². The van der Waals surface area contributed by atoms with E-state index in [0.29, 0.717) is 17.8 Å². The molecule has 0 bridgehead atoms. The van der Waals surface area contributed by atoms with Gasteiger partial charge in [0.25, 0.3) is 22.2 Å². The van der Waals surface area contributed by atoms with Gasteiger partial charge in [0.1, 0.15) is 0 Å². The largest absolute Gasteiger partial charge is 0.333 e. The van der Waals surface area contributed by atoms with Gasteiger partial charge < -0.3 is 11.6 Å². The molecule has 0 saturated heterocycles. The van der Waals surface area contributed by atoms with E-state index in [1.54, 1.807) is 0 Å². The average Bonchev–Trinajstić information content (AvgIpc) is 3.00. The van der Waals surface area contributed by atoms with Crippen molar-refractivity contribution in [1.29, 1.82) is 0 Å². The topological polar surface area (TPSA) is 130 Å². The van der Waals surface area contributed by atoms with Crippen LogP contribution in [0.1, 0.15) is 38.5 Å². The molecule has 0 spiro atoms. The van der Waals surface area contributed by atoms with Crippen LogP contribution in [0.15, 0.2) is 31.3 Å². The van der Waals surface area contributed by atoms with Gasteiger partial charge in [-0.25, -0.2) is 0 Å². The molecule has 0 aliphatic heterocycles. The molecule has 0 saturated carbocycles. The second kappa shape index (κ2) is 7.25. The highest BCUT2D eigenvalue weighted by Gasteiger charge is 2.18. The van der Waals surface area contributed by atoms with Crippen LogP contribution >= 0.6 is 0 Å². The Balaban J connectivity index is 1.86. The number of unbranched alkanes of at least 4 members (excludes halogenated alkanes) is 5. The lowest BCUT2D eigenvalue weighted by Crippen LogP contribution is -2.32. The number of hydrogen-bond donors (Lipinski definition) is 2. The van der Waals surface area contributed by atoms with Gasteiger partial charge >= 0.3 is 0 Å². The Bertz CT molecular complexity index is 1070. The fourth-order valence-electron chi connectivity index (χ4n) is 3.37. The first-order valence-corrected chi connectivity index (χ1v) is 8.85. The minimum Gasteiger partial charge on any atom is -0.333 e. The zero-order valence-electron chi connectivity index (χ0n) is 14.5. The molecule has 2 heterocycles. The van der Waals surface area contributed by atoms with Crippen LogP contribution in [0.4, 0.5) is 0 Å². The fraction of sp³-hybridized carbons (Fsp3) is 0.444. The summed E-state index contributed by atoms with van der Waals surface area (Å²) in [7, 11) is 0. The molecule has 0 unspecified atom stereocenters.